The quantitative estimate of drug-likeness (QED) is 0.609. The van der Waals surface area contributed by atoms with Gasteiger partial charge in [0.2, 0.25) is 5.91 Å². The highest BCUT2D eigenvalue weighted by atomic mass is 16.5. The first-order valence-corrected chi connectivity index (χ1v) is 9.52. The van der Waals surface area contributed by atoms with Crippen molar-refractivity contribution in [2.24, 2.45) is 0 Å². The number of hydrogen-bond donors (Lipinski definition) is 2. The van der Waals surface area contributed by atoms with E-state index < -0.39 is 0 Å². The Bertz CT molecular complexity index is 1050. The van der Waals surface area contributed by atoms with E-state index in [-0.39, 0.29) is 18.4 Å². The molecule has 3 rings (SSSR count). The minimum atomic E-state index is -0.314. The number of methoxy groups -OCH3 is 1. The summed E-state index contributed by atoms with van der Waals surface area (Å²) >= 11 is 0. The van der Waals surface area contributed by atoms with Crippen LogP contribution in [0.3, 0.4) is 0 Å². The lowest BCUT2D eigenvalue weighted by Gasteiger charge is -2.11. The Kier molecular flexibility index (Phi) is 6.70. The molecule has 0 radical (unpaired) electrons. The third-order valence-electron chi connectivity index (χ3n) is 4.61. The Morgan fingerprint density at radius 2 is 1.57 bits per heavy atom. The highest BCUT2D eigenvalue weighted by molar-refractivity contribution is 5.99. The lowest BCUT2D eigenvalue weighted by Crippen LogP contribution is -2.32. The fraction of sp³-hybridized carbons (Fsp3) is 0.167. The van der Waals surface area contributed by atoms with Crippen LogP contribution >= 0.6 is 0 Å². The van der Waals surface area contributed by atoms with Gasteiger partial charge in [0.1, 0.15) is 5.75 Å². The van der Waals surface area contributed by atoms with Crippen LogP contribution in [0.5, 0.6) is 17.2 Å². The number of hydrogen-bond acceptors (Lipinski definition) is 4. The number of nitrogens with one attached hydrogen (secondary N) is 2. The van der Waals surface area contributed by atoms with E-state index >= 15 is 0 Å². The molecule has 0 aliphatic carbocycles. The van der Waals surface area contributed by atoms with Gasteiger partial charge in [0.25, 0.3) is 5.91 Å². The van der Waals surface area contributed by atoms with Gasteiger partial charge in [0.15, 0.2) is 11.5 Å². The lowest BCUT2D eigenvalue weighted by molar-refractivity contribution is -0.115. The predicted octanol–water partition coefficient (Wildman–Crippen LogP) is 4.47. The van der Waals surface area contributed by atoms with E-state index in [1.54, 1.807) is 37.4 Å². The second kappa shape index (κ2) is 9.60. The van der Waals surface area contributed by atoms with Crippen molar-refractivity contribution in [3.63, 3.8) is 0 Å². The molecule has 3 aromatic carbocycles. The van der Waals surface area contributed by atoms with Crippen LogP contribution < -0.4 is 20.1 Å². The number of amides is 2. The normalized spacial score (nSPS) is 10.2. The van der Waals surface area contributed by atoms with Crippen LogP contribution in [-0.2, 0) is 4.79 Å². The molecule has 2 amide bonds. The molecule has 0 aliphatic rings. The Hall–Kier alpha value is -3.80. The zero-order valence-electron chi connectivity index (χ0n) is 17.2. The SMILES string of the molecule is COc1ccccc1Oc1ccc(NC(=O)CNC(=O)c2ccc(C)c(C)c2)cc1. The van der Waals surface area contributed by atoms with Crippen molar-refractivity contribution < 1.29 is 19.1 Å². The van der Waals surface area contributed by atoms with Gasteiger partial charge in [0, 0.05) is 11.3 Å². The van der Waals surface area contributed by atoms with Gasteiger partial charge >= 0.3 is 0 Å². The molecule has 0 fully saturated rings. The number of rotatable bonds is 7. The third-order valence-corrected chi connectivity index (χ3v) is 4.61. The summed E-state index contributed by atoms with van der Waals surface area (Å²) in [7, 11) is 1.58. The van der Waals surface area contributed by atoms with E-state index in [0.29, 0.717) is 28.5 Å². The van der Waals surface area contributed by atoms with Crippen LogP contribution in [-0.4, -0.2) is 25.5 Å². The second-order valence-corrected chi connectivity index (χ2v) is 6.81. The average molecular weight is 404 g/mol. The molecule has 0 saturated heterocycles. The van der Waals surface area contributed by atoms with Gasteiger partial charge in [-0.25, -0.2) is 0 Å². The van der Waals surface area contributed by atoms with Crippen LogP contribution in [0.1, 0.15) is 21.5 Å². The number of carbonyl (C=O) groups is 2. The van der Waals surface area contributed by atoms with Gasteiger partial charge in [0.05, 0.1) is 13.7 Å². The summed E-state index contributed by atoms with van der Waals surface area (Å²) in [5.74, 6) is 1.25. The molecule has 2 N–H and O–H groups in total. The Balaban J connectivity index is 1.53. The van der Waals surface area contributed by atoms with Crippen molar-refractivity contribution >= 4 is 17.5 Å². The molecule has 0 saturated carbocycles. The van der Waals surface area contributed by atoms with Gasteiger partial charge in [-0.3, -0.25) is 9.59 Å². The first-order valence-electron chi connectivity index (χ1n) is 9.52. The third kappa shape index (κ3) is 5.38. The van der Waals surface area contributed by atoms with Crippen molar-refractivity contribution in [2.75, 3.05) is 19.0 Å². The molecular weight excluding hydrogens is 380 g/mol. The molecule has 0 atom stereocenters. The second-order valence-electron chi connectivity index (χ2n) is 6.81. The molecular formula is C24H24N2O4. The van der Waals surface area contributed by atoms with E-state index in [1.807, 2.05) is 50.2 Å². The molecule has 0 unspecified atom stereocenters. The summed E-state index contributed by atoms with van der Waals surface area (Å²) in [5.41, 5.74) is 3.28. The summed E-state index contributed by atoms with van der Waals surface area (Å²) in [5, 5.41) is 5.38. The van der Waals surface area contributed by atoms with E-state index in [4.69, 9.17) is 9.47 Å². The minimum Gasteiger partial charge on any atom is -0.493 e. The van der Waals surface area contributed by atoms with Crippen LogP contribution in [0.2, 0.25) is 0 Å². The topological polar surface area (TPSA) is 76.7 Å². The molecule has 3 aromatic rings. The average Bonchev–Trinajstić information content (AvgIpc) is 2.75. The number of aryl methyl sites for hydroxylation is 2. The summed E-state index contributed by atoms with van der Waals surface area (Å²) in [4.78, 5) is 24.4. The van der Waals surface area contributed by atoms with Gasteiger partial charge in [-0.1, -0.05) is 18.2 Å². The summed E-state index contributed by atoms with van der Waals surface area (Å²) in [6.45, 7) is 3.81. The van der Waals surface area contributed by atoms with E-state index in [1.165, 1.54) is 0 Å². The number of para-hydroxylation sites is 2. The predicted molar refractivity (Wildman–Crippen MR) is 116 cm³/mol. The van der Waals surface area contributed by atoms with Gasteiger partial charge < -0.3 is 20.1 Å². The zero-order chi connectivity index (χ0) is 21.5. The molecule has 0 heterocycles. The number of carbonyl (C=O) groups excluding carboxylic acids is 2. The van der Waals surface area contributed by atoms with Crippen molar-refractivity contribution in [2.45, 2.75) is 13.8 Å². The highest BCUT2D eigenvalue weighted by Gasteiger charge is 2.10. The molecule has 0 aromatic heterocycles. The van der Waals surface area contributed by atoms with Crippen molar-refractivity contribution in [3.8, 4) is 17.2 Å². The largest absolute Gasteiger partial charge is 0.493 e. The van der Waals surface area contributed by atoms with Crippen molar-refractivity contribution in [1.82, 2.24) is 5.32 Å². The fourth-order valence-corrected chi connectivity index (χ4v) is 2.79. The van der Waals surface area contributed by atoms with E-state index in [2.05, 4.69) is 10.6 Å². The molecule has 6 heteroatoms. The van der Waals surface area contributed by atoms with E-state index in [0.717, 1.165) is 11.1 Å². The first kappa shape index (κ1) is 20.9. The number of anilines is 1. The Morgan fingerprint density at radius 1 is 0.867 bits per heavy atom. The van der Waals surface area contributed by atoms with Crippen LogP contribution in [0, 0.1) is 13.8 Å². The van der Waals surface area contributed by atoms with Gasteiger partial charge in [-0.15, -0.1) is 0 Å². The molecule has 154 valence electrons. The maximum Gasteiger partial charge on any atom is 0.251 e. The molecule has 0 spiro atoms. The molecule has 6 nitrogen and oxygen atoms in total. The van der Waals surface area contributed by atoms with Crippen LogP contribution in [0.15, 0.2) is 66.7 Å². The first-order chi connectivity index (χ1) is 14.5. The standard InChI is InChI=1S/C24H24N2O4/c1-16-8-9-18(14-17(16)2)24(28)25-15-23(27)26-19-10-12-20(13-11-19)30-22-7-5-4-6-21(22)29-3/h4-14H,15H2,1-3H3,(H,25,28)(H,26,27). The van der Waals surface area contributed by atoms with E-state index in [9.17, 15) is 9.59 Å². The molecule has 30 heavy (non-hydrogen) atoms. The Labute approximate surface area is 175 Å². The monoisotopic (exact) mass is 404 g/mol. The highest BCUT2D eigenvalue weighted by Crippen LogP contribution is 2.31. The van der Waals surface area contributed by atoms with Gasteiger partial charge in [-0.2, -0.15) is 0 Å². The maximum atomic E-state index is 12.2. The van der Waals surface area contributed by atoms with Crippen molar-refractivity contribution in [1.29, 1.82) is 0 Å². The van der Waals surface area contributed by atoms with Crippen LogP contribution in [0.25, 0.3) is 0 Å². The molecule has 0 aliphatic heterocycles. The smallest absolute Gasteiger partial charge is 0.251 e. The molecule has 0 bridgehead atoms. The minimum absolute atomic E-state index is 0.120. The fourth-order valence-electron chi connectivity index (χ4n) is 2.79. The summed E-state index contributed by atoms with van der Waals surface area (Å²) in [6, 6.07) is 19.7. The van der Waals surface area contributed by atoms with Gasteiger partial charge in [-0.05, 0) is 73.5 Å². The number of ether oxygens (including phenoxy) is 2. The van der Waals surface area contributed by atoms with Crippen LogP contribution in [0.4, 0.5) is 5.69 Å². The lowest BCUT2D eigenvalue weighted by atomic mass is 10.1. The summed E-state index contributed by atoms with van der Waals surface area (Å²) in [6.07, 6.45) is 0. The maximum absolute atomic E-state index is 12.2. The zero-order valence-corrected chi connectivity index (χ0v) is 17.2. The number of benzene rings is 3. The Morgan fingerprint density at radius 3 is 2.23 bits per heavy atom. The van der Waals surface area contributed by atoms with Crippen molar-refractivity contribution in [3.05, 3.63) is 83.4 Å². The summed E-state index contributed by atoms with van der Waals surface area (Å²) < 4.78 is 11.1.